The van der Waals surface area contributed by atoms with Gasteiger partial charge in [-0.15, -0.1) is 0 Å². The van der Waals surface area contributed by atoms with E-state index in [1.807, 2.05) is 12.3 Å². The van der Waals surface area contributed by atoms with Gasteiger partial charge < -0.3 is 10.4 Å². The minimum Gasteiger partial charge on any atom is -0.481 e. The van der Waals surface area contributed by atoms with Gasteiger partial charge in [0.05, 0.1) is 12.1 Å². The highest BCUT2D eigenvalue weighted by Crippen LogP contribution is 2.36. The van der Waals surface area contributed by atoms with Crippen molar-refractivity contribution in [1.29, 1.82) is 0 Å². The second-order valence-corrected chi connectivity index (χ2v) is 6.02. The topological polar surface area (TPSA) is 79.5 Å². The molecule has 1 saturated carbocycles. The van der Waals surface area contributed by atoms with Crippen LogP contribution in [-0.4, -0.2) is 31.7 Å². The van der Waals surface area contributed by atoms with E-state index in [1.165, 1.54) is 0 Å². The van der Waals surface area contributed by atoms with E-state index in [0.717, 1.165) is 29.9 Å². The molecule has 0 spiro atoms. The van der Waals surface area contributed by atoms with E-state index < -0.39 is 5.97 Å². The molecule has 0 bridgehead atoms. The number of aliphatic carboxylic acids is 1. The van der Waals surface area contributed by atoms with Crippen LogP contribution < -0.4 is 5.32 Å². The Morgan fingerprint density at radius 2 is 2.29 bits per heavy atom. The van der Waals surface area contributed by atoms with Crippen LogP contribution in [0.5, 0.6) is 0 Å². The summed E-state index contributed by atoms with van der Waals surface area (Å²) in [5.74, 6) is 0.726. The van der Waals surface area contributed by atoms with Crippen molar-refractivity contribution >= 4 is 17.3 Å². The molecule has 2 heterocycles. The van der Waals surface area contributed by atoms with E-state index in [-0.39, 0.29) is 12.5 Å². The number of aromatic nitrogens is 3. The summed E-state index contributed by atoms with van der Waals surface area (Å²) in [6.45, 7) is 4.19. The predicted octanol–water partition coefficient (Wildman–Crippen LogP) is 2.52. The van der Waals surface area contributed by atoms with Crippen molar-refractivity contribution < 1.29 is 9.90 Å². The Morgan fingerprint density at radius 3 is 2.90 bits per heavy atom. The first-order valence-corrected chi connectivity index (χ1v) is 7.37. The first kappa shape index (κ1) is 13.9. The lowest BCUT2D eigenvalue weighted by molar-refractivity contribution is -0.137. The zero-order valence-electron chi connectivity index (χ0n) is 12.3. The van der Waals surface area contributed by atoms with E-state index >= 15 is 0 Å². The highest BCUT2D eigenvalue weighted by atomic mass is 16.4. The van der Waals surface area contributed by atoms with E-state index in [9.17, 15) is 4.79 Å². The maximum Gasteiger partial charge on any atom is 0.305 e. The molecule has 1 unspecified atom stereocenters. The van der Waals surface area contributed by atoms with Crippen molar-refractivity contribution in [3.05, 3.63) is 24.2 Å². The Balaban J connectivity index is 1.90. The molecule has 0 saturated heterocycles. The number of nitrogens with zero attached hydrogens (tertiary/aromatic N) is 3. The number of carboxylic acid groups (broad SMARTS) is 1. The van der Waals surface area contributed by atoms with Gasteiger partial charge in [-0.3, -0.25) is 4.79 Å². The van der Waals surface area contributed by atoms with Crippen LogP contribution in [0.1, 0.15) is 44.7 Å². The smallest absolute Gasteiger partial charge is 0.305 e. The van der Waals surface area contributed by atoms with Gasteiger partial charge >= 0.3 is 5.97 Å². The molecule has 21 heavy (non-hydrogen) atoms. The first-order chi connectivity index (χ1) is 10.0. The normalized spacial score (nSPS) is 16.3. The van der Waals surface area contributed by atoms with Crippen LogP contribution in [0.3, 0.4) is 0 Å². The fraction of sp³-hybridized carbons (Fsp3) is 0.533. The lowest BCUT2D eigenvalue weighted by Crippen LogP contribution is -2.26. The first-order valence-electron chi connectivity index (χ1n) is 7.37. The second-order valence-electron chi connectivity index (χ2n) is 6.02. The molecular weight excluding hydrogens is 268 g/mol. The second kappa shape index (κ2) is 5.35. The van der Waals surface area contributed by atoms with Gasteiger partial charge in [0, 0.05) is 18.4 Å². The molecule has 1 fully saturated rings. The Kier molecular flexibility index (Phi) is 3.53. The van der Waals surface area contributed by atoms with Gasteiger partial charge in [0.2, 0.25) is 0 Å². The minimum atomic E-state index is -0.775. The third-order valence-corrected chi connectivity index (χ3v) is 3.91. The standard InChI is InChI=1S/C15H20N4O2/c1-9(2)11-7-13-15(16-5-6-19(13)18-11)17-12(8-14(20)21)10-3-4-10/h5-7,9-10,12H,3-4,8H2,1-2H3,(H,16,17)(H,20,21). The summed E-state index contributed by atoms with van der Waals surface area (Å²) in [6.07, 6.45) is 5.81. The molecule has 1 aliphatic carbocycles. The third-order valence-electron chi connectivity index (χ3n) is 3.91. The van der Waals surface area contributed by atoms with Crippen LogP contribution in [0.4, 0.5) is 5.82 Å². The summed E-state index contributed by atoms with van der Waals surface area (Å²) in [7, 11) is 0. The highest BCUT2D eigenvalue weighted by molar-refractivity contribution is 5.71. The number of carbonyl (C=O) groups is 1. The monoisotopic (exact) mass is 288 g/mol. The summed E-state index contributed by atoms with van der Waals surface area (Å²) in [4.78, 5) is 15.4. The van der Waals surface area contributed by atoms with E-state index in [0.29, 0.717) is 11.8 Å². The van der Waals surface area contributed by atoms with Gasteiger partial charge in [0.15, 0.2) is 5.82 Å². The lowest BCUT2D eigenvalue weighted by atomic mass is 10.1. The average Bonchev–Trinajstić information content (AvgIpc) is 3.16. The van der Waals surface area contributed by atoms with Crippen molar-refractivity contribution in [3.63, 3.8) is 0 Å². The minimum absolute atomic E-state index is 0.0569. The summed E-state index contributed by atoms with van der Waals surface area (Å²) in [6, 6.07) is 1.96. The molecule has 0 radical (unpaired) electrons. The molecule has 1 aliphatic rings. The van der Waals surface area contributed by atoms with Gasteiger partial charge in [0.1, 0.15) is 5.52 Å². The van der Waals surface area contributed by atoms with E-state index in [2.05, 4.69) is 29.2 Å². The number of fused-ring (bicyclic) bond motifs is 1. The third kappa shape index (κ3) is 2.99. The van der Waals surface area contributed by atoms with E-state index in [4.69, 9.17) is 5.11 Å². The molecule has 6 heteroatoms. The fourth-order valence-electron chi connectivity index (χ4n) is 2.53. The van der Waals surface area contributed by atoms with Crippen LogP contribution in [-0.2, 0) is 4.79 Å². The Bertz CT molecular complexity index is 661. The lowest BCUT2D eigenvalue weighted by Gasteiger charge is -2.17. The molecule has 1 atom stereocenters. The molecule has 112 valence electrons. The number of hydrogen-bond donors (Lipinski definition) is 2. The van der Waals surface area contributed by atoms with Gasteiger partial charge in [0.25, 0.3) is 0 Å². The molecule has 3 rings (SSSR count). The predicted molar refractivity (Wildman–Crippen MR) is 79.5 cm³/mol. The van der Waals surface area contributed by atoms with Crippen LogP contribution in [0.15, 0.2) is 18.5 Å². The highest BCUT2D eigenvalue weighted by Gasteiger charge is 2.33. The van der Waals surface area contributed by atoms with Crippen molar-refractivity contribution in [2.45, 2.75) is 45.1 Å². The number of hydrogen-bond acceptors (Lipinski definition) is 4. The summed E-state index contributed by atoms with van der Waals surface area (Å²) in [5.41, 5.74) is 1.91. The summed E-state index contributed by atoms with van der Waals surface area (Å²) >= 11 is 0. The molecule has 0 amide bonds. The van der Waals surface area contributed by atoms with Crippen molar-refractivity contribution in [1.82, 2.24) is 14.6 Å². The largest absolute Gasteiger partial charge is 0.481 e. The van der Waals surface area contributed by atoms with Crippen molar-refractivity contribution in [2.75, 3.05) is 5.32 Å². The Hall–Kier alpha value is -2.11. The molecular formula is C15H20N4O2. The van der Waals surface area contributed by atoms with Gasteiger partial charge in [-0.25, -0.2) is 9.50 Å². The molecule has 6 nitrogen and oxygen atoms in total. The van der Waals surface area contributed by atoms with Crippen LogP contribution in [0.25, 0.3) is 5.52 Å². The maximum atomic E-state index is 11.0. The molecule has 2 aromatic rings. The van der Waals surface area contributed by atoms with Gasteiger partial charge in [-0.2, -0.15) is 5.10 Å². The van der Waals surface area contributed by atoms with Crippen LogP contribution in [0, 0.1) is 5.92 Å². The number of nitrogens with one attached hydrogen (secondary N) is 1. The van der Waals surface area contributed by atoms with Gasteiger partial charge in [-0.05, 0) is 30.7 Å². The molecule has 0 aromatic carbocycles. The summed E-state index contributed by atoms with van der Waals surface area (Å²) < 4.78 is 1.80. The molecule has 2 aromatic heterocycles. The number of rotatable bonds is 6. The SMILES string of the molecule is CC(C)c1cc2c(NC(CC(=O)O)C3CC3)nccn2n1. The summed E-state index contributed by atoms with van der Waals surface area (Å²) in [5, 5.41) is 16.9. The van der Waals surface area contributed by atoms with Crippen LogP contribution >= 0.6 is 0 Å². The van der Waals surface area contributed by atoms with Crippen molar-refractivity contribution in [3.8, 4) is 0 Å². The Labute approximate surface area is 123 Å². The van der Waals surface area contributed by atoms with Crippen molar-refractivity contribution in [2.24, 2.45) is 5.92 Å². The quantitative estimate of drug-likeness (QED) is 0.853. The average molecular weight is 288 g/mol. The zero-order valence-corrected chi connectivity index (χ0v) is 12.3. The molecule has 0 aliphatic heterocycles. The Morgan fingerprint density at radius 1 is 1.52 bits per heavy atom. The van der Waals surface area contributed by atoms with Crippen LogP contribution in [0.2, 0.25) is 0 Å². The van der Waals surface area contributed by atoms with E-state index in [1.54, 1.807) is 10.7 Å². The van der Waals surface area contributed by atoms with Gasteiger partial charge in [-0.1, -0.05) is 13.8 Å². The molecule has 2 N–H and O–H groups in total. The number of carboxylic acids is 1. The maximum absolute atomic E-state index is 11.0. The number of anilines is 1. The fourth-order valence-corrected chi connectivity index (χ4v) is 2.53. The zero-order chi connectivity index (χ0) is 15.0.